The predicted molar refractivity (Wildman–Crippen MR) is 122 cm³/mol. The van der Waals surface area contributed by atoms with Crippen molar-refractivity contribution in [3.63, 3.8) is 0 Å². The molecule has 1 atom stereocenters. The molecule has 1 heterocycles. The number of imide groups is 1. The fourth-order valence-corrected chi connectivity index (χ4v) is 5.74. The van der Waals surface area contributed by atoms with Crippen LogP contribution in [0, 0.1) is 0 Å². The highest BCUT2D eigenvalue weighted by atomic mass is 32.2. The van der Waals surface area contributed by atoms with Crippen LogP contribution < -0.4 is 10.6 Å². The molecule has 182 valence electrons. The standard InChI is InChI=1S/C23H33N3O6S/c1-17(21(27)25-23(29)24-19-11-5-4-6-12-19)32-22(28)18-10-9-13-20(16-18)33(30,31)26-14-7-2-3-8-15-26/h9-10,13,16-17,19H,2-8,11-12,14-15H2,1H3,(H2,24,25,27,29). The topological polar surface area (TPSA) is 122 Å². The van der Waals surface area contributed by atoms with E-state index in [9.17, 15) is 22.8 Å². The Morgan fingerprint density at radius 1 is 1.00 bits per heavy atom. The van der Waals surface area contributed by atoms with Gasteiger partial charge in [-0.25, -0.2) is 18.0 Å². The lowest BCUT2D eigenvalue weighted by molar-refractivity contribution is -0.127. The van der Waals surface area contributed by atoms with E-state index in [2.05, 4.69) is 10.6 Å². The minimum absolute atomic E-state index is 0.0165. The molecule has 1 unspecified atom stereocenters. The zero-order valence-corrected chi connectivity index (χ0v) is 19.9. The van der Waals surface area contributed by atoms with Crippen molar-refractivity contribution in [3.05, 3.63) is 29.8 Å². The van der Waals surface area contributed by atoms with E-state index in [1.54, 1.807) is 0 Å². The van der Waals surface area contributed by atoms with E-state index in [1.807, 2.05) is 0 Å². The number of rotatable bonds is 6. The molecule has 3 rings (SSSR count). The number of urea groups is 1. The summed E-state index contributed by atoms with van der Waals surface area (Å²) in [6.07, 6.45) is 7.37. The van der Waals surface area contributed by atoms with Gasteiger partial charge in [0.2, 0.25) is 10.0 Å². The minimum atomic E-state index is -3.72. The lowest BCUT2D eigenvalue weighted by Gasteiger charge is -2.23. The summed E-state index contributed by atoms with van der Waals surface area (Å²) >= 11 is 0. The average molecular weight is 480 g/mol. The summed E-state index contributed by atoms with van der Waals surface area (Å²) < 4.78 is 32.6. The second-order valence-corrected chi connectivity index (χ2v) is 10.6. The summed E-state index contributed by atoms with van der Waals surface area (Å²) in [4.78, 5) is 36.9. The van der Waals surface area contributed by atoms with Crippen LogP contribution >= 0.6 is 0 Å². The number of sulfonamides is 1. The summed E-state index contributed by atoms with van der Waals surface area (Å²) in [7, 11) is -3.72. The maximum absolute atomic E-state index is 13.0. The second kappa shape index (κ2) is 11.6. The van der Waals surface area contributed by atoms with Gasteiger partial charge < -0.3 is 10.1 Å². The van der Waals surface area contributed by atoms with Crippen molar-refractivity contribution in [1.29, 1.82) is 0 Å². The molecule has 1 aliphatic carbocycles. The molecule has 2 aliphatic rings. The monoisotopic (exact) mass is 479 g/mol. The highest BCUT2D eigenvalue weighted by Gasteiger charge is 2.27. The molecule has 33 heavy (non-hydrogen) atoms. The van der Waals surface area contributed by atoms with Crippen molar-refractivity contribution in [1.82, 2.24) is 14.9 Å². The van der Waals surface area contributed by atoms with Crippen LogP contribution in [0.2, 0.25) is 0 Å². The van der Waals surface area contributed by atoms with E-state index in [1.165, 1.54) is 35.5 Å². The number of benzene rings is 1. The van der Waals surface area contributed by atoms with Crippen LogP contribution in [-0.4, -0.2) is 55.9 Å². The third kappa shape index (κ3) is 7.01. The van der Waals surface area contributed by atoms with Gasteiger partial charge in [0.05, 0.1) is 10.5 Å². The number of ether oxygens (including phenoxy) is 1. The second-order valence-electron chi connectivity index (χ2n) is 8.69. The Kier molecular flexibility index (Phi) is 8.85. The van der Waals surface area contributed by atoms with Crippen LogP contribution in [0.1, 0.15) is 75.1 Å². The van der Waals surface area contributed by atoms with E-state index < -0.39 is 34.0 Å². The van der Waals surface area contributed by atoms with Gasteiger partial charge in [0.25, 0.3) is 5.91 Å². The van der Waals surface area contributed by atoms with Crippen molar-refractivity contribution in [2.75, 3.05) is 13.1 Å². The summed E-state index contributed by atoms with van der Waals surface area (Å²) in [6.45, 7) is 2.27. The van der Waals surface area contributed by atoms with Gasteiger partial charge in [-0.1, -0.05) is 38.2 Å². The maximum atomic E-state index is 13.0. The summed E-state index contributed by atoms with van der Waals surface area (Å²) in [5, 5.41) is 4.97. The van der Waals surface area contributed by atoms with Crippen LogP contribution in [0.25, 0.3) is 0 Å². The Labute approximate surface area is 195 Å². The van der Waals surface area contributed by atoms with Gasteiger partial charge >= 0.3 is 12.0 Å². The van der Waals surface area contributed by atoms with Crippen LogP contribution in [0.5, 0.6) is 0 Å². The zero-order chi connectivity index (χ0) is 23.8. The number of carbonyl (C=O) groups is 3. The van der Waals surface area contributed by atoms with Gasteiger partial charge in [-0.05, 0) is 50.8 Å². The van der Waals surface area contributed by atoms with Crippen molar-refractivity contribution in [2.45, 2.75) is 81.8 Å². The lowest BCUT2D eigenvalue weighted by Crippen LogP contribution is -2.48. The summed E-state index contributed by atoms with van der Waals surface area (Å²) in [5.41, 5.74) is 0.0252. The molecule has 10 heteroatoms. The molecule has 9 nitrogen and oxygen atoms in total. The fourth-order valence-electron chi connectivity index (χ4n) is 4.18. The highest BCUT2D eigenvalue weighted by molar-refractivity contribution is 7.89. The molecule has 3 amide bonds. The predicted octanol–water partition coefficient (Wildman–Crippen LogP) is 2.96. The minimum Gasteiger partial charge on any atom is -0.449 e. The Bertz CT molecular complexity index is 951. The van der Waals surface area contributed by atoms with Crippen molar-refractivity contribution >= 4 is 27.9 Å². The summed E-state index contributed by atoms with van der Waals surface area (Å²) in [6, 6.07) is 5.05. The first-order chi connectivity index (χ1) is 15.8. The Hall–Kier alpha value is -2.46. The molecule has 0 radical (unpaired) electrons. The van der Waals surface area contributed by atoms with E-state index in [4.69, 9.17) is 4.74 Å². The van der Waals surface area contributed by atoms with Gasteiger partial charge in [0.1, 0.15) is 0 Å². The molecule has 2 N–H and O–H groups in total. The maximum Gasteiger partial charge on any atom is 0.338 e. The third-order valence-electron chi connectivity index (χ3n) is 6.10. The fraction of sp³-hybridized carbons (Fsp3) is 0.609. The number of nitrogens with one attached hydrogen (secondary N) is 2. The number of hydrogen-bond acceptors (Lipinski definition) is 6. The Balaban J connectivity index is 1.58. The first-order valence-electron chi connectivity index (χ1n) is 11.7. The van der Waals surface area contributed by atoms with Gasteiger partial charge in [0.15, 0.2) is 6.10 Å². The molecule has 1 aromatic carbocycles. The van der Waals surface area contributed by atoms with Gasteiger partial charge in [-0.3, -0.25) is 10.1 Å². The van der Waals surface area contributed by atoms with Crippen LogP contribution in [-0.2, 0) is 19.6 Å². The third-order valence-corrected chi connectivity index (χ3v) is 8.00. The van der Waals surface area contributed by atoms with Gasteiger partial charge in [-0.15, -0.1) is 0 Å². The largest absolute Gasteiger partial charge is 0.449 e. The molecule has 1 aromatic rings. The molecular formula is C23H33N3O6S. The number of hydrogen-bond donors (Lipinski definition) is 2. The normalized spacial score (nSPS) is 19.2. The van der Waals surface area contributed by atoms with E-state index in [0.29, 0.717) is 13.1 Å². The molecule has 1 saturated heterocycles. The first kappa shape index (κ1) is 25.2. The number of esters is 1. The highest BCUT2D eigenvalue weighted by Crippen LogP contribution is 2.22. The number of nitrogens with zero attached hydrogens (tertiary/aromatic N) is 1. The quantitative estimate of drug-likeness (QED) is 0.605. The molecule has 0 aromatic heterocycles. The van der Waals surface area contributed by atoms with Crippen LogP contribution in [0.3, 0.4) is 0 Å². The van der Waals surface area contributed by atoms with Crippen molar-refractivity contribution < 1.29 is 27.5 Å². The Morgan fingerprint density at radius 2 is 1.64 bits per heavy atom. The van der Waals surface area contributed by atoms with Crippen molar-refractivity contribution in [3.8, 4) is 0 Å². The summed E-state index contributed by atoms with van der Waals surface area (Å²) in [5.74, 6) is -1.58. The Morgan fingerprint density at radius 3 is 2.30 bits per heavy atom. The molecular weight excluding hydrogens is 446 g/mol. The SMILES string of the molecule is CC(OC(=O)c1cccc(S(=O)(=O)N2CCCCCC2)c1)C(=O)NC(=O)NC1CCCCC1. The average Bonchev–Trinajstić information content (AvgIpc) is 3.10. The van der Waals surface area contributed by atoms with Gasteiger partial charge in [0, 0.05) is 19.1 Å². The van der Waals surface area contributed by atoms with E-state index >= 15 is 0 Å². The molecule has 0 spiro atoms. The van der Waals surface area contributed by atoms with Crippen LogP contribution in [0.15, 0.2) is 29.2 Å². The molecule has 1 saturated carbocycles. The zero-order valence-electron chi connectivity index (χ0n) is 19.0. The van der Waals surface area contributed by atoms with Crippen LogP contribution in [0.4, 0.5) is 4.79 Å². The molecule has 0 bridgehead atoms. The van der Waals surface area contributed by atoms with Gasteiger partial charge in [-0.2, -0.15) is 4.31 Å². The van der Waals surface area contributed by atoms with E-state index in [0.717, 1.165) is 57.8 Å². The smallest absolute Gasteiger partial charge is 0.338 e. The molecule has 1 aliphatic heterocycles. The lowest BCUT2D eigenvalue weighted by atomic mass is 9.96. The number of carbonyl (C=O) groups excluding carboxylic acids is 3. The van der Waals surface area contributed by atoms with Crippen molar-refractivity contribution in [2.24, 2.45) is 0 Å². The van der Waals surface area contributed by atoms with E-state index in [-0.39, 0.29) is 16.5 Å². The molecule has 2 fully saturated rings. The first-order valence-corrected chi connectivity index (χ1v) is 13.1. The number of amides is 3.